The van der Waals surface area contributed by atoms with E-state index in [-0.39, 0.29) is 0 Å². The lowest BCUT2D eigenvalue weighted by molar-refractivity contribution is 0.670. The predicted molar refractivity (Wildman–Crippen MR) is 71.2 cm³/mol. The van der Waals surface area contributed by atoms with E-state index in [4.69, 9.17) is 0 Å². The molecular formula is C13H16N4S. The van der Waals surface area contributed by atoms with Crippen molar-refractivity contribution in [3.8, 4) is 5.00 Å². The average Bonchev–Trinajstić information content (AvgIpc) is 3.02. The average molecular weight is 260 g/mol. The summed E-state index contributed by atoms with van der Waals surface area (Å²) < 4.78 is 2.29. The van der Waals surface area contributed by atoms with Gasteiger partial charge in [-0.25, -0.2) is 0 Å². The first-order valence-corrected chi connectivity index (χ1v) is 7.47. The third-order valence-electron chi connectivity index (χ3n) is 3.91. The molecular weight excluding hydrogens is 244 g/mol. The fraction of sp³-hybridized carbons (Fsp3) is 0.538. The molecule has 0 unspecified atom stereocenters. The molecule has 2 aromatic rings. The van der Waals surface area contributed by atoms with Crippen LogP contribution in [0.1, 0.15) is 41.0 Å². The van der Waals surface area contributed by atoms with Crippen molar-refractivity contribution < 1.29 is 0 Å². The Balaban J connectivity index is 1.98. The highest BCUT2D eigenvalue weighted by Crippen LogP contribution is 2.39. The Morgan fingerprint density at radius 1 is 1.22 bits per heavy atom. The maximum Gasteiger partial charge on any atom is 0.152 e. The molecule has 1 aliphatic heterocycles. The molecule has 0 saturated carbocycles. The van der Waals surface area contributed by atoms with Crippen molar-refractivity contribution in [1.82, 2.24) is 20.1 Å². The minimum absolute atomic E-state index is 0.823. The van der Waals surface area contributed by atoms with Crippen molar-refractivity contribution in [2.75, 3.05) is 0 Å². The number of aryl methyl sites for hydroxylation is 2. The molecule has 0 saturated heterocycles. The molecule has 0 radical (unpaired) electrons. The van der Waals surface area contributed by atoms with Crippen LogP contribution in [0, 0.1) is 0 Å². The van der Waals surface area contributed by atoms with E-state index in [1.165, 1.54) is 29.8 Å². The van der Waals surface area contributed by atoms with Gasteiger partial charge in [0.25, 0.3) is 0 Å². The Morgan fingerprint density at radius 3 is 3.06 bits per heavy atom. The van der Waals surface area contributed by atoms with E-state index >= 15 is 0 Å². The Morgan fingerprint density at radius 2 is 2.17 bits per heavy atom. The zero-order chi connectivity index (χ0) is 12.1. The quantitative estimate of drug-likeness (QED) is 0.852. The van der Waals surface area contributed by atoms with Crippen molar-refractivity contribution in [1.29, 1.82) is 0 Å². The van der Waals surface area contributed by atoms with Gasteiger partial charge in [0, 0.05) is 23.4 Å². The number of thiophene rings is 1. The molecule has 5 heteroatoms. The van der Waals surface area contributed by atoms with Gasteiger partial charge in [-0.1, -0.05) is 6.92 Å². The summed E-state index contributed by atoms with van der Waals surface area (Å²) in [5, 5.41) is 13.5. The van der Waals surface area contributed by atoms with Gasteiger partial charge in [-0.05, 0) is 24.8 Å². The second-order valence-corrected chi connectivity index (χ2v) is 6.05. The molecule has 0 bridgehead atoms. The largest absolute Gasteiger partial charge is 0.306 e. The molecule has 3 heterocycles. The molecule has 1 N–H and O–H groups in total. The van der Waals surface area contributed by atoms with Gasteiger partial charge in [0.2, 0.25) is 0 Å². The summed E-state index contributed by atoms with van der Waals surface area (Å²) in [7, 11) is 0. The Labute approximate surface area is 110 Å². The highest BCUT2D eigenvalue weighted by atomic mass is 32.1. The first kappa shape index (κ1) is 10.7. The smallest absolute Gasteiger partial charge is 0.152 e. The Bertz CT molecular complexity index is 611. The molecule has 0 amide bonds. The van der Waals surface area contributed by atoms with Crippen LogP contribution in [-0.2, 0) is 32.4 Å². The van der Waals surface area contributed by atoms with Crippen LogP contribution < -0.4 is 5.32 Å². The lowest BCUT2D eigenvalue weighted by Gasteiger charge is -2.06. The summed E-state index contributed by atoms with van der Waals surface area (Å²) in [4.78, 5) is 1.59. The van der Waals surface area contributed by atoms with Gasteiger partial charge in [0.15, 0.2) is 5.82 Å². The third-order valence-corrected chi connectivity index (χ3v) is 5.23. The van der Waals surface area contributed by atoms with Gasteiger partial charge in [0.1, 0.15) is 10.8 Å². The zero-order valence-electron chi connectivity index (χ0n) is 10.5. The Kier molecular flexibility index (Phi) is 2.32. The molecule has 4 nitrogen and oxygen atoms in total. The van der Waals surface area contributed by atoms with Crippen LogP contribution in [0.3, 0.4) is 0 Å². The van der Waals surface area contributed by atoms with Crippen molar-refractivity contribution in [3.63, 3.8) is 0 Å². The van der Waals surface area contributed by atoms with E-state index in [1.807, 2.05) is 11.3 Å². The number of aromatic nitrogens is 3. The second kappa shape index (κ2) is 3.90. The molecule has 94 valence electrons. The van der Waals surface area contributed by atoms with E-state index < -0.39 is 0 Å². The molecule has 0 atom stereocenters. The first-order chi connectivity index (χ1) is 8.88. The zero-order valence-corrected chi connectivity index (χ0v) is 11.3. The van der Waals surface area contributed by atoms with Gasteiger partial charge in [0.05, 0.1) is 6.54 Å². The van der Waals surface area contributed by atoms with Crippen LogP contribution in [0.15, 0.2) is 0 Å². The molecule has 2 aromatic heterocycles. The van der Waals surface area contributed by atoms with Crippen LogP contribution in [0.2, 0.25) is 0 Å². The Hall–Kier alpha value is -1.20. The fourth-order valence-corrected chi connectivity index (χ4v) is 4.50. The van der Waals surface area contributed by atoms with Crippen LogP contribution in [0.4, 0.5) is 0 Å². The minimum Gasteiger partial charge on any atom is -0.306 e. The molecule has 18 heavy (non-hydrogen) atoms. The highest BCUT2D eigenvalue weighted by molar-refractivity contribution is 7.15. The van der Waals surface area contributed by atoms with E-state index in [0.29, 0.717) is 0 Å². The normalized spacial score (nSPS) is 17.2. The van der Waals surface area contributed by atoms with Gasteiger partial charge < -0.3 is 5.32 Å². The number of hydrogen-bond acceptors (Lipinski definition) is 4. The number of nitrogens with zero attached hydrogens (tertiary/aromatic N) is 3. The van der Waals surface area contributed by atoms with Crippen molar-refractivity contribution in [2.45, 2.75) is 45.7 Å². The SMILES string of the molecule is CCc1nnc2n1-c1sc3c(c1CNC2)CCC3. The summed E-state index contributed by atoms with van der Waals surface area (Å²) in [6.07, 6.45) is 4.77. The van der Waals surface area contributed by atoms with Crippen molar-refractivity contribution >= 4 is 11.3 Å². The van der Waals surface area contributed by atoms with Gasteiger partial charge >= 0.3 is 0 Å². The molecule has 0 fully saturated rings. The third kappa shape index (κ3) is 1.34. The lowest BCUT2D eigenvalue weighted by Crippen LogP contribution is -2.12. The number of hydrogen-bond donors (Lipinski definition) is 1. The fourth-order valence-electron chi connectivity index (χ4n) is 3.05. The lowest BCUT2D eigenvalue weighted by atomic mass is 10.1. The maximum atomic E-state index is 4.33. The predicted octanol–water partition coefficient (Wildman–Crippen LogP) is 1.98. The second-order valence-electron chi connectivity index (χ2n) is 4.97. The summed E-state index contributed by atoms with van der Waals surface area (Å²) >= 11 is 1.96. The number of nitrogens with one attached hydrogen (secondary N) is 1. The van der Waals surface area contributed by atoms with E-state index in [9.17, 15) is 0 Å². The monoisotopic (exact) mass is 260 g/mol. The molecule has 0 spiro atoms. The van der Waals surface area contributed by atoms with Crippen LogP contribution in [0.5, 0.6) is 0 Å². The van der Waals surface area contributed by atoms with E-state index in [1.54, 1.807) is 10.4 Å². The van der Waals surface area contributed by atoms with Gasteiger partial charge in [-0.2, -0.15) is 0 Å². The minimum atomic E-state index is 0.823. The van der Waals surface area contributed by atoms with Crippen molar-refractivity contribution in [2.24, 2.45) is 0 Å². The van der Waals surface area contributed by atoms with Gasteiger partial charge in [-0.15, -0.1) is 21.5 Å². The summed E-state index contributed by atoms with van der Waals surface area (Å²) in [5.41, 5.74) is 3.10. The molecule has 4 rings (SSSR count). The topological polar surface area (TPSA) is 42.7 Å². The highest BCUT2D eigenvalue weighted by Gasteiger charge is 2.27. The summed E-state index contributed by atoms with van der Waals surface area (Å²) in [6, 6.07) is 0. The van der Waals surface area contributed by atoms with Crippen LogP contribution >= 0.6 is 11.3 Å². The molecule has 2 aliphatic rings. The number of rotatable bonds is 1. The molecule has 1 aliphatic carbocycles. The number of fused-ring (bicyclic) bond motifs is 5. The molecule has 0 aromatic carbocycles. The maximum absolute atomic E-state index is 4.33. The van der Waals surface area contributed by atoms with Gasteiger partial charge in [-0.3, -0.25) is 4.57 Å². The standard InChI is InChI=1S/C13H16N4S/c1-2-11-15-16-12-7-14-6-9-8-4-3-5-10(8)18-13(9)17(11)12/h14H,2-7H2,1H3. The summed E-state index contributed by atoms with van der Waals surface area (Å²) in [6.45, 7) is 3.95. The summed E-state index contributed by atoms with van der Waals surface area (Å²) in [5.74, 6) is 2.15. The first-order valence-electron chi connectivity index (χ1n) is 6.66. The van der Waals surface area contributed by atoms with Crippen LogP contribution in [-0.4, -0.2) is 14.8 Å². The van der Waals surface area contributed by atoms with E-state index in [2.05, 4.69) is 27.0 Å². The van der Waals surface area contributed by atoms with Crippen molar-refractivity contribution in [3.05, 3.63) is 27.7 Å². The van der Waals surface area contributed by atoms with Crippen LogP contribution in [0.25, 0.3) is 5.00 Å². The van der Waals surface area contributed by atoms with E-state index in [0.717, 1.165) is 31.2 Å².